The van der Waals surface area contributed by atoms with Crippen LogP contribution in [0.25, 0.3) is 0 Å². The van der Waals surface area contributed by atoms with Gasteiger partial charge in [0.15, 0.2) is 0 Å². The minimum absolute atomic E-state index is 0.111. The molecule has 1 aromatic heterocycles. The number of carboxylic acid groups (broad SMARTS) is 1. The van der Waals surface area contributed by atoms with E-state index < -0.39 is 12.1 Å². The van der Waals surface area contributed by atoms with Crippen LogP contribution >= 0.6 is 0 Å². The molecule has 1 aromatic rings. The Morgan fingerprint density at radius 1 is 1.26 bits per heavy atom. The molecule has 0 radical (unpaired) electrons. The zero-order chi connectivity index (χ0) is 23.2. The number of alkyl halides is 3. The van der Waals surface area contributed by atoms with Gasteiger partial charge in [-0.3, -0.25) is 0 Å². The summed E-state index contributed by atoms with van der Waals surface area (Å²) in [6.07, 6.45) is 1.61. The van der Waals surface area contributed by atoms with Gasteiger partial charge in [0.2, 0.25) is 5.95 Å². The van der Waals surface area contributed by atoms with Gasteiger partial charge >= 0.3 is 18.2 Å². The Hall–Kier alpha value is -2.63. The molecular weight excluding hydrogens is 419 g/mol. The van der Waals surface area contributed by atoms with Crippen LogP contribution in [0.4, 0.5) is 23.9 Å². The summed E-state index contributed by atoms with van der Waals surface area (Å²) >= 11 is 0. The van der Waals surface area contributed by atoms with Crippen LogP contribution in [0.2, 0.25) is 0 Å². The Bertz CT molecular complexity index is 740. The number of ether oxygens (including phenoxy) is 1. The van der Waals surface area contributed by atoms with Crippen LogP contribution in [0.15, 0.2) is 18.5 Å². The SMILES string of the molecule is COCC1CC2(CCN(C(=O)N(C)C)CC2)CN1c1ncccn1.O=C(O)C(F)(F)F. The second-order valence-corrected chi connectivity index (χ2v) is 7.96. The minimum atomic E-state index is -5.08. The predicted molar refractivity (Wildman–Crippen MR) is 106 cm³/mol. The molecule has 3 rings (SSSR count). The number of urea groups is 1. The van der Waals surface area contributed by atoms with Crippen molar-refractivity contribution in [1.82, 2.24) is 19.8 Å². The maximum atomic E-state index is 12.2. The van der Waals surface area contributed by atoms with Gasteiger partial charge < -0.3 is 24.5 Å². The second kappa shape index (κ2) is 10.1. The van der Waals surface area contributed by atoms with Crippen LogP contribution < -0.4 is 4.90 Å². The first-order valence-corrected chi connectivity index (χ1v) is 9.78. The van der Waals surface area contributed by atoms with E-state index in [1.807, 2.05) is 25.1 Å². The lowest BCUT2D eigenvalue weighted by Crippen LogP contribution is -2.47. The van der Waals surface area contributed by atoms with Crippen LogP contribution in [0.3, 0.4) is 0 Å². The molecule has 174 valence electrons. The molecule has 2 saturated heterocycles. The van der Waals surface area contributed by atoms with Crippen molar-refractivity contribution < 1.29 is 32.6 Å². The molecule has 2 amide bonds. The summed E-state index contributed by atoms with van der Waals surface area (Å²) in [5, 5.41) is 7.12. The van der Waals surface area contributed by atoms with E-state index >= 15 is 0 Å². The summed E-state index contributed by atoms with van der Waals surface area (Å²) in [6, 6.07) is 2.25. The third-order valence-corrected chi connectivity index (χ3v) is 5.50. The number of carboxylic acids is 1. The number of likely N-dealkylation sites (tertiary alicyclic amines) is 1. The first-order chi connectivity index (χ1) is 14.5. The molecule has 12 heteroatoms. The number of aliphatic carboxylic acids is 1. The fraction of sp³-hybridized carbons (Fsp3) is 0.684. The molecule has 3 heterocycles. The lowest BCUT2D eigenvalue weighted by molar-refractivity contribution is -0.192. The van der Waals surface area contributed by atoms with Crippen LogP contribution in [0, 0.1) is 5.41 Å². The average molecular weight is 447 g/mol. The number of nitrogens with zero attached hydrogens (tertiary/aromatic N) is 5. The van der Waals surface area contributed by atoms with Crippen molar-refractivity contribution in [3.63, 3.8) is 0 Å². The van der Waals surface area contributed by atoms with Crippen molar-refractivity contribution in [2.45, 2.75) is 31.5 Å². The number of amides is 2. The lowest BCUT2D eigenvalue weighted by Gasteiger charge is -2.40. The lowest BCUT2D eigenvalue weighted by atomic mass is 9.76. The molecule has 1 spiro atoms. The van der Waals surface area contributed by atoms with E-state index in [2.05, 4.69) is 14.9 Å². The molecule has 1 unspecified atom stereocenters. The molecule has 1 atom stereocenters. The van der Waals surface area contributed by atoms with Gasteiger partial charge in [0.25, 0.3) is 0 Å². The molecule has 0 aromatic carbocycles. The largest absolute Gasteiger partial charge is 0.490 e. The fourth-order valence-corrected chi connectivity index (χ4v) is 4.00. The normalized spacial score (nSPS) is 20.3. The van der Waals surface area contributed by atoms with Gasteiger partial charge in [-0.2, -0.15) is 13.2 Å². The molecule has 0 bridgehead atoms. The molecule has 2 aliphatic rings. The topological polar surface area (TPSA) is 99.1 Å². The smallest absolute Gasteiger partial charge is 0.475 e. The first kappa shape index (κ1) is 24.6. The van der Waals surface area contributed by atoms with E-state index in [-0.39, 0.29) is 11.4 Å². The molecule has 9 nitrogen and oxygen atoms in total. The number of piperidine rings is 1. The number of carbonyl (C=O) groups is 2. The maximum Gasteiger partial charge on any atom is 0.490 e. The molecule has 0 aliphatic carbocycles. The highest BCUT2D eigenvalue weighted by Gasteiger charge is 2.47. The monoisotopic (exact) mass is 447 g/mol. The summed E-state index contributed by atoms with van der Waals surface area (Å²) in [7, 11) is 5.37. The Kier molecular flexibility index (Phi) is 8.04. The van der Waals surface area contributed by atoms with Crippen molar-refractivity contribution in [1.29, 1.82) is 0 Å². The van der Waals surface area contributed by atoms with Crippen molar-refractivity contribution in [3.05, 3.63) is 18.5 Å². The number of hydrogen-bond donors (Lipinski definition) is 1. The van der Waals surface area contributed by atoms with E-state index in [0.717, 1.165) is 44.8 Å². The van der Waals surface area contributed by atoms with E-state index in [1.165, 1.54) is 0 Å². The maximum absolute atomic E-state index is 12.2. The quantitative estimate of drug-likeness (QED) is 0.758. The number of carbonyl (C=O) groups excluding carboxylic acids is 1. The Balaban J connectivity index is 0.000000423. The molecule has 1 N–H and O–H groups in total. The zero-order valence-corrected chi connectivity index (χ0v) is 17.8. The highest BCUT2D eigenvalue weighted by Crippen LogP contribution is 2.44. The summed E-state index contributed by atoms with van der Waals surface area (Å²) in [5.41, 5.74) is 0.228. The van der Waals surface area contributed by atoms with Crippen molar-refractivity contribution in [3.8, 4) is 0 Å². The van der Waals surface area contributed by atoms with Crippen LogP contribution in [-0.2, 0) is 9.53 Å². The van der Waals surface area contributed by atoms with Gasteiger partial charge in [0, 0.05) is 53.2 Å². The van der Waals surface area contributed by atoms with E-state index in [4.69, 9.17) is 14.6 Å². The molecule has 0 saturated carbocycles. The average Bonchev–Trinajstić information content (AvgIpc) is 3.06. The Labute approximate surface area is 178 Å². The van der Waals surface area contributed by atoms with E-state index in [0.29, 0.717) is 12.6 Å². The van der Waals surface area contributed by atoms with Crippen molar-refractivity contribution >= 4 is 17.9 Å². The summed E-state index contributed by atoms with van der Waals surface area (Å²) in [4.78, 5) is 35.8. The Morgan fingerprint density at radius 3 is 2.26 bits per heavy atom. The number of rotatable bonds is 3. The molecule has 2 aliphatic heterocycles. The van der Waals surface area contributed by atoms with Crippen LogP contribution in [0.1, 0.15) is 19.3 Å². The molecular formula is C19H28F3N5O4. The molecule has 2 fully saturated rings. The fourth-order valence-electron chi connectivity index (χ4n) is 4.00. The summed E-state index contributed by atoms with van der Waals surface area (Å²) < 4.78 is 37.2. The van der Waals surface area contributed by atoms with Gasteiger partial charge in [-0.25, -0.2) is 19.6 Å². The summed E-state index contributed by atoms with van der Waals surface area (Å²) in [5.74, 6) is -1.98. The van der Waals surface area contributed by atoms with Gasteiger partial charge in [-0.05, 0) is 30.7 Å². The second-order valence-electron chi connectivity index (χ2n) is 7.96. The Morgan fingerprint density at radius 2 is 1.81 bits per heavy atom. The van der Waals surface area contributed by atoms with Crippen LogP contribution in [-0.4, -0.2) is 96.5 Å². The number of halogens is 3. The number of hydrogen-bond acceptors (Lipinski definition) is 6. The molecule has 31 heavy (non-hydrogen) atoms. The third-order valence-electron chi connectivity index (χ3n) is 5.50. The zero-order valence-electron chi connectivity index (χ0n) is 17.8. The highest BCUT2D eigenvalue weighted by atomic mass is 19.4. The van der Waals surface area contributed by atoms with E-state index in [9.17, 15) is 18.0 Å². The predicted octanol–water partition coefficient (Wildman–Crippen LogP) is 2.10. The standard InChI is InChI=1S/C17H27N5O2.C2HF3O2/c1-20(2)16(23)21-9-5-17(6-10-21)11-14(12-24-3)22(13-17)15-18-7-4-8-19-15;3-2(4,5)1(6)7/h4,7-8,14H,5-6,9-13H2,1-3H3;(H,6,7). The van der Waals surface area contributed by atoms with E-state index in [1.54, 1.807) is 24.4 Å². The first-order valence-electron chi connectivity index (χ1n) is 9.78. The number of anilines is 1. The van der Waals surface area contributed by atoms with Gasteiger partial charge in [0.05, 0.1) is 12.6 Å². The van der Waals surface area contributed by atoms with Gasteiger partial charge in [-0.1, -0.05) is 0 Å². The highest BCUT2D eigenvalue weighted by molar-refractivity contribution is 5.74. The minimum Gasteiger partial charge on any atom is -0.475 e. The van der Waals surface area contributed by atoms with Crippen molar-refractivity contribution in [2.75, 3.05) is 52.3 Å². The third kappa shape index (κ3) is 6.42. The van der Waals surface area contributed by atoms with Gasteiger partial charge in [-0.15, -0.1) is 0 Å². The number of aromatic nitrogens is 2. The van der Waals surface area contributed by atoms with Crippen LogP contribution in [0.5, 0.6) is 0 Å². The van der Waals surface area contributed by atoms with Gasteiger partial charge in [0.1, 0.15) is 0 Å². The number of methoxy groups -OCH3 is 1. The summed E-state index contributed by atoms with van der Waals surface area (Å²) in [6.45, 7) is 3.26. The van der Waals surface area contributed by atoms with Crippen molar-refractivity contribution in [2.24, 2.45) is 5.41 Å².